The Kier molecular flexibility index (Phi) is 4.38. The summed E-state index contributed by atoms with van der Waals surface area (Å²) in [7, 11) is 0. The number of piperidine rings is 1. The van der Waals surface area contributed by atoms with E-state index in [1.165, 1.54) is 31.4 Å². The molecule has 0 spiro atoms. The molecule has 1 saturated heterocycles. The Balaban J connectivity index is 1.53. The molecule has 4 unspecified atom stereocenters. The van der Waals surface area contributed by atoms with Gasteiger partial charge in [-0.15, -0.1) is 0 Å². The summed E-state index contributed by atoms with van der Waals surface area (Å²) in [5.74, 6) is 1.84. The predicted octanol–water partition coefficient (Wildman–Crippen LogP) is 2.10. The van der Waals surface area contributed by atoms with Gasteiger partial charge in [0.25, 0.3) is 0 Å². The van der Waals surface area contributed by atoms with Crippen molar-refractivity contribution < 1.29 is 0 Å². The minimum atomic E-state index is -0.206. The van der Waals surface area contributed by atoms with Crippen LogP contribution >= 0.6 is 15.9 Å². The summed E-state index contributed by atoms with van der Waals surface area (Å²) in [6, 6.07) is 0.747. The molecule has 20 heavy (non-hydrogen) atoms. The van der Waals surface area contributed by atoms with Crippen LogP contribution in [0.2, 0.25) is 0 Å². The maximum atomic E-state index is 6.05. The third kappa shape index (κ3) is 2.90. The zero-order valence-corrected chi connectivity index (χ0v) is 13.5. The van der Waals surface area contributed by atoms with Gasteiger partial charge in [-0.05, 0) is 66.6 Å². The monoisotopic (exact) mass is 338 g/mol. The molecule has 0 amide bonds. The SMILES string of the molecule is CC1=CC=NC(N)C1/C(Br)=N\CC[C@@H]1CC2CNC1C2. The van der Waals surface area contributed by atoms with Crippen LogP contribution in [0.25, 0.3) is 0 Å². The lowest BCUT2D eigenvalue weighted by Gasteiger charge is -2.24. The molecule has 2 fully saturated rings. The second-order valence-electron chi connectivity index (χ2n) is 6.28. The Morgan fingerprint density at radius 2 is 2.40 bits per heavy atom. The Labute approximate surface area is 129 Å². The molecule has 1 saturated carbocycles. The number of aliphatic imine (C=N–C) groups is 2. The number of nitrogens with one attached hydrogen (secondary N) is 1. The molecule has 0 aromatic heterocycles. The van der Waals surface area contributed by atoms with Gasteiger partial charge in [-0.3, -0.25) is 9.98 Å². The average Bonchev–Trinajstić information content (AvgIpc) is 3.01. The highest BCUT2D eigenvalue weighted by Gasteiger charge is 2.38. The van der Waals surface area contributed by atoms with Crippen LogP contribution in [0.3, 0.4) is 0 Å². The number of fused-ring (bicyclic) bond motifs is 2. The van der Waals surface area contributed by atoms with E-state index in [1.807, 2.05) is 6.08 Å². The molecule has 0 radical (unpaired) electrons. The average molecular weight is 339 g/mol. The Morgan fingerprint density at radius 3 is 3.05 bits per heavy atom. The molecule has 0 aromatic carbocycles. The zero-order chi connectivity index (χ0) is 14.1. The second-order valence-corrected chi connectivity index (χ2v) is 7.09. The topological polar surface area (TPSA) is 62.8 Å². The van der Waals surface area contributed by atoms with Crippen LogP contribution in [0, 0.1) is 17.8 Å². The van der Waals surface area contributed by atoms with Gasteiger partial charge < -0.3 is 11.1 Å². The number of allylic oxidation sites excluding steroid dienone is 1. The van der Waals surface area contributed by atoms with Crippen LogP contribution in [-0.2, 0) is 0 Å². The van der Waals surface area contributed by atoms with E-state index in [0.717, 1.165) is 29.0 Å². The van der Waals surface area contributed by atoms with E-state index in [0.29, 0.717) is 0 Å². The van der Waals surface area contributed by atoms with Crippen molar-refractivity contribution in [2.45, 2.75) is 38.4 Å². The van der Waals surface area contributed by atoms with E-state index in [9.17, 15) is 0 Å². The highest BCUT2D eigenvalue weighted by Crippen LogP contribution is 2.37. The van der Waals surface area contributed by atoms with Gasteiger partial charge in [-0.25, -0.2) is 0 Å². The molecule has 110 valence electrons. The van der Waals surface area contributed by atoms with Gasteiger partial charge in [0.1, 0.15) is 6.17 Å². The molecule has 1 aliphatic carbocycles. The van der Waals surface area contributed by atoms with Crippen LogP contribution in [0.1, 0.15) is 26.2 Å². The lowest BCUT2D eigenvalue weighted by atomic mass is 9.95. The van der Waals surface area contributed by atoms with Crippen molar-refractivity contribution in [3.05, 3.63) is 11.6 Å². The third-order valence-corrected chi connectivity index (χ3v) is 5.65. The number of hydrogen-bond donors (Lipinski definition) is 2. The van der Waals surface area contributed by atoms with E-state index in [-0.39, 0.29) is 12.1 Å². The molecule has 0 aromatic rings. The summed E-state index contributed by atoms with van der Waals surface area (Å²) in [4.78, 5) is 8.96. The number of rotatable bonds is 4. The largest absolute Gasteiger partial charge is 0.313 e. The van der Waals surface area contributed by atoms with Gasteiger partial charge >= 0.3 is 0 Å². The maximum Gasteiger partial charge on any atom is 0.110 e. The fourth-order valence-corrected chi connectivity index (χ4v) is 4.59. The molecule has 3 N–H and O–H groups in total. The van der Waals surface area contributed by atoms with E-state index < -0.39 is 0 Å². The third-order valence-electron chi connectivity index (χ3n) is 4.91. The quantitative estimate of drug-likeness (QED) is 0.771. The molecule has 4 nitrogen and oxygen atoms in total. The fourth-order valence-electron chi connectivity index (χ4n) is 3.78. The highest BCUT2D eigenvalue weighted by molar-refractivity contribution is 9.18. The second kappa shape index (κ2) is 6.08. The van der Waals surface area contributed by atoms with Crippen molar-refractivity contribution in [1.29, 1.82) is 0 Å². The first-order chi connectivity index (χ1) is 9.65. The van der Waals surface area contributed by atoms with Gasteiger partial charge in [0, 0.05) is 18.8 Å². The van der Waals surface area contributed by atoms with Crippen LogP contribution in [0.5, 0.6) is 0 Å². The van der Waals surface area contributed by atoms with E-state index in [2.05, 4.69) is 33.2 Å². The Hall–Kier alpha value is -0.520. The van der Waals surface area contributed by atoms with Crippen LogP contribution < -0.4 is 11.1 Å². The van der Waals surface area contributed by atoms with Gasteiger partial charge in [-0.1, -0.05) is 5.57 Å². The van der Waals surface area contributed by atoms with Gasteiger partial charge in [0.2, 0.25) is 0 Å². The molecule has 3 aliphatic rings. The lowest BCUT2D eigenvalue weighted by molar-refractivity contribution is 0.350. The Morgan fingerprint density at radius 1 is 1.55 bits per heavy atom. The van der Waals surface area contributed by atoms with Crippen LogP contribution in [0.15, 0.2) is 21.6 Å². The van der Waals surface area contributed by atoms with Crippen LogP contribution in [0.4, 0.5) is 0 Å². The number of dihydropyridines is 1. The van der Waals surface area contributed by atoms with Crippen molar-refractivity contribution in [2.75, 3.05) is 13.1 Å². The van der Waals surface area contributed by atoms with E-state index in [4.69, 9.17) is 10.7 Å². The standard InChI is InChI=1S/C15H23BrN4/c1-9-2-4-19-15(17)13(9)14(16)18-5-3-11-6-10-7-12(11)20-8-10/h2,4,10-13,15,20H,3,5-8,17H2,1H3/b18-14+/t10?,11-,12?,13?,15?/m1/s1. The molecular weight excluding hydrogens is 316 g/mol. The summed E-state index contributed by atoms with van der Waals surface area (Å²) in [5.41, 5.74) is 7.28. The smallest absolute Gasteiger partial charge is 0.110 e. The van der Waals surface area contributed by atoms with Crippen molar-refractivity contribution >= 4 is 26.8 Å². The molecule has 2 heterocycles. The Bertz CT molecular complexity index is 457. The predicted molar refractivity (Wildman–Crippen MR) is 87.6 cm³/mol. The highest BCUT2D eigenvalue weighted by atomic mass is 79.9. The molecule has 2 bridgehead atoms. The molecule has 3 rings (SSSR count). The maximum absolute atomic E-state index is 6.05. The minimum Gasteiger partial charge on any atom is -0.313 e. The normalized spacial score (nSPS) is 40.2. The number of hydrogen-bond acceptors (Lipinski definition) is 4. The molecule has 2 aliphatic heterocycles. The summed E-state index contributed by atoms with van der Waals surface area (Å²) < 4.78 is 0.951. The van der Waals surface area contributed by atoms with Gasteiger partial charge in [-0.2, -0.15) is 0 Å². The van der Waals surface area contributed by atoms with Crippen molar-refractivity contribution in [2.24, 2.45) is 33.5 Å². The van der Waals surface area contributed by atoms with Crippen molar-refractivity contribution in [1.82, 2.24) is 5.32 Å². The number of nitrogens with zero attached hydrogens (tertiary/aromatic N) is 2. The fraction of sp³-hybridized carbons (Fsp3) is 0.733. The van der Waals surface area contributed by atoms with Gasteiger partial charge in [0.15, 0.2) is 0 Å². The summed E-state index contributed by atoms with van der Waals surface area (Å²) >= 11 is 3.61. The number of halogens is 1. The zero-order valence-electron chi connectivity index (χ0n) is 11.9. The van der Waals surface area contributed by atoms with Gasteiger partial charge in [0.05, 0.1) is 10.5 Å². The molecule has 5 heteroatoms. The molecular formula is C15H23BrN4. The first kappa shape index (κ1) is 14.4. The van der Waals surface area contributed by atoms with Crippen molar-refractivity contribution in [3.8, 4) is 0 Å². The summed E-state index contributed by atoms with van der Waals surface area (Å²) in [6.07, 6.45) is 7.54. The first-order valence-electron chi connectivity index (χ1n) is 7.54. The summed E-state index contributed by atoms with van der Waals surface area (Å²) in [5, 5.41) is 3.61. The van der Waals surface area contributed by atoms with E-state index >= 15 is 0 Å². The molecule has 5 atom stereocenters. The summed E-state index contributed by atoms with van der Waals surface area (Å²) in [6.45, 7) is 4.20. The van der Waals surface area contributed by atoms with Crippen LogP contribution in [-0.4, -0.2) is 36.1 Å². The lowest BCUT2D eigenvalue weighted by Crippen LogP contribution is -2.35. The van der Waals surface area contributed by atoms with E-state index in [1.54, 1.807) is 6.21 Å². The first-order valence-corrected chi connectivity index (χ1v) is 8.33. The number of nitrogens with two attached hydrogens (primary N) is 1. The minimum absolute atomic E-state index is 0.109. The van der Waals surface area contributed by atoms with Crippen molar-refractivity contribution in [3.63, 3.8) is 0 Å².